The summed E-state index contributed by atoms with van der Waals surface area (Å²) in [6.07, 6.45) is 3.61. The summed E-state index contributed by atoms with van der Waals surface area (Å²) >= 11 is 0. The highest BCUT2D eigenvalue weighted by atomic mass is 35.5. The van der Waals surface area contributed by atoms with Crippen LogP contribution in [0.2, 0.25) is 0 Å². The summed E-state index contributed by atoms with van der Waals surface area (Å²) in [5, 5.41) is 8.52. The number of aliphatic carboxylic acids is 1. The molecule has 1 heterocycles. The molecule has 5 nitrogen and oxygen atoms in total. The molecule has 0 bridgehead atoms. The van der Waals surface area contributed by atoms with Crippen molar-refractivity contribution in [2.75, 3.05) is 45.9 Å². The Hall–Kier alpha value is -2.17. The Morgan fingerprint density at radius 1 is 0.912 bits per heavy atom. The quantitative estimate of drug-likeness (QED) is 0.298. The maximum Gasteiger partial charge on any atom is 0.329 e. The number of carboxylic acid groups (broad SMARTS) is 1. The van der Waals surface area contributed by atoms with Gasteiger partial charge in [-0.05, 0) is 12.1 Å². The lowest BCUT2D eigenvalue weighted by molar-refractivity contribution is -0.141. The van der Waals surface area contributed by atoms with E-state index in [4.69, 9.17) is 9.84 Å². The molecule has 0 saturated carbocycles. The molecule has 1 N–H and O–H groups in total. The second kappa shape index (κ2) is 14.3. The lowest BCUT2D eigenvalue weighted by Gasteiger charge is -2.39. The first-order valence-corrected chi connectivity index (χ1v) is 10.2. The van der Waals surface area contributed by atoms with E-state index in [0.29, 0.717) is 32.7 Å². The van der Waals surface area contributed by atoms with Gasteiger partial charge in [0.15, 0.2) is 0 Å². The van der Waals surface area contributed by atoms with Gasteiger partial charge in [0.25, 0.3) is 0 Å². The van der Waals surface area contributed by atoms with Gasteiger partial charge in [-0.3, -0.25) is 9.80 Å². The van der Waals surface area contributed by atoms with E-state index in [2.05, 4.69) is 4.90 Å². The minimum atomic E-state index is -1.03. The van der Waals surface area contributed by atoms with Crippen molar-refractivity contribution in [1.29, 1.82) is 0 Å². The number of carboxylic acids is 1. The molecular formula is C23H26Cl2F4N2O3. The van der Waals surface area contributed by atoms with Crippen LogP contribution in [-0.4, -0.2) is 66.8 Å². The Labute approximate surface area is 207 Å². The summed E-state index contributed by atoms with van der Waals surface area (Å²) < 4.78 is 61.1. The van der Waals surface area contributed by atoms with E-state index >= 15 is 0 Å². The van der Waals surface area contributed by atoms with Gasteiger partial charge in [0.2, 0.25) is 0 Å². The first kappa shape index (κ1) is 29.9. The molecule has 2 aromatic carbocycles. The molecule has 0 atom stereocenters. The molecule has 188 valence electrons. The minimum absolute atomic E-state index is 0. The van der Waals surface area contributed by atoms with E-state index in [1.54, 1.807) is 6.08 Å². The average Bonchev–Trinajstić information content (AvgIpc) is 2.74. The van der Waals surface area contributed by atoms with Crippen LogP contribution in [0.1, 0.15) is 17.2 Å². The zero-order chi connectivity index (χ0) is 23.1. The smallest absolute Gasteiger partial charge is 0.329 e. The summed E-state index contributed by atoms with van der Waals surface area (Å²) in [5.74, 6) is -4.06. The maximum atomic E-state index is 14.6. The van der Waals surface area contributed by atoms with Gasteiger partial charge >= 0.3 is 5.97 Å². The van der Waals surface area contributed by atoms with E-state index < -0.39 is 35.3 Å². The molecular weight excluding hydrogens is 499 g/mol. The summed E-state index contributed by atoms with van der Waals surface area (Å²) in [4.78, 5) is 14.4. The minimum Gasteiger partial charge on any atom is -0.480 e. The predicted molar refractivity (Wildman–Crippen MR) is 125 cm³/mol. The molecule has 0 radical (unpaired) electrons. The third-order valence-electron chi connectivity index (χ3n) is 5.26. The predicted octanol–water partition coefficient (Wildman–Crippen LogP) is 4.45. The van der Waals surface area contributed by atoms with Crippen molar-refractivity contribution >= 4 is 30.8 Å². The topological polar surface area (TPSA) is 53.0 Å². The number of benzene rings is 2. The van der Waals surface area contributed by atoms with Crippen LogP contribution in [-0.2, 0) is 9.53 Å². The van der Waals surface area contributed by atoms with Crippen LogP contribution in [0, 0.1) is 23.3 Å². The SMILES string of the molecule is Cl.Cl.O=C(O)COCC=CCN1CCN(C(c2ccc(F)cc2F)c2ccc(F)cc2F)CC1. The van der Waals surface area contributed by atoms with Crippen molar-refractivity contribution in [1.82, 2.24) is 9.80 Å². The van der Waals surface area contributed by atoms with Crippen LogP contribution in [0.25, 0.3) is 0 Å². The van der Waals surface area contributed by atoms with Gasteiger partial charge in [0.05, 0.1) is 12.6 Å². The monoisotopic (exact) mass is 524 g/mol. The number of halogens is 6. The van der Waals surface area contributed by atoms with E-state index in [1.807, 2.05) is 11.0 Å². The van der Waals surface area contributed by atoms with Crippen LogP contribution < -0.4 is 0 Å². The van der Waals surface area contributed by atoms with Crippen molar-refractivity contribution in [2.45, 2.75) is 6.04 Å². The van der Waals surface area contributed by atoms with Gasteiger partial charge < -0.3 is 9.84 Å². The molecule has 1 aliphatic heterocycles. The Kier molecular flexibility index (Phi) is 12.5. The Balaban J connectivity index is 0.00000289. The fourth-order valence-corrected chi connectivity index (χ4v) is 3.72. The molecule has 0 spiro atoms. The number of carbonyl (C=O) groups is 1. The van der Waals surface area contributed by atoms with Crippen LogP contribution >= 0.6 is 24.8 Å². The first-order chi connectivity index (χ1) is 15.3. The summed E-state index contributed by atoms with van der Waals surface area (Å²) in [7, 11) is 0. The number of hydrogen-bond acceptors (Lipinski definition) is 4. The van der Waals surface area contributed by atoms with E-state index in [0.717, 1.165) is 24.3 Å². The van der Waals surface area contributed by atoms with Crippen molar-refractivity contribution < 1.29 is 32.2 Å². The molecule has 3 rings (SSSR count). The van der Waals surface area contributed by atoms with E-state index in [1.165, 1.54) is 12.1 Å². The summed E-state index contributed by atoms with van der Waals surface area (Å²) in [6, 6.07) is 5.54. The second-order valence-electron chi connectivity index (χ2n) is 7.45. The Morgan fingerprint density at radius 3 is 1.91 bits per heavy atom. The van der Waals surface area contributed by atoms with Crippen molar-refractivity contribution in [2.24, 2.45) is 0 Å². The van der Waals surface area contributed by atoms with Crippen LogP contribution in [0.4, 0.5) is 17.6 Å². The zero-order valence-corrected chi connectivity index (χ0v) is 19.8. The second-order valence-corrected chi connectivity index (χ2v) is 7.45. The van der Waals surface area contributed by atoms with Crippen LogP contribution in [0.15, 0.2) is 48.6 Å². The number of hydrogen-bond donors (Lipinski definition) is 1. The van der Waals surface area contributed by atoms with Gasteiger partial charge in [0.1, 0.15) is 29.9 Å². The van der Waals surface area contributed by atoms with Gasteiger partial charge in [-0.2, -0.15) is 0 Å². The van der Waals surface area contributed by atoms with Gasteiger partial charge in [-0.1, -0.05) is 24.3 Å². The molecule has 34 heavy (non-hydrogen) atoms. The highest BCUT2D eigenvalue weighted by molar-refractivity contribution is 5.85. The normalized spacial score (nSPS) is 14.7. The van der Waals surface area contributed by atoms with E-state index in [9.17, 15) is 22.4 Å². The summed E-state index contributed by atoms with van der Waals surface area (Å²) in [6.45, 7) is 2.66. The van der Waals surface area contributed by atoms with Gasteiger partial charge in [-0.15, -0.1) is 24.8 Å². The third kappa shape index (κ3) is 8.25. The van der Waals surface area contributed by atoms with Gasteiger partial charge in [-0.25, -0.2) is 22.4 Å². The largest absolute Gasteiger partial charge is 0.480 e. The van der Waals surface area contributed by atoms with Crippen molar-refractivity contribution in [3.05, 3.63) is 82.9 Å². The third-order valence-corrected chi connectivity index (χ3v) is 5.26. The molecule has 0 unspecified atom stereocenters. The lowest BCUT2D eigenvalue weighted by Crippen LogP contribution is -2.48. The van der Waals surface area contributed by atoms with Crippen molar-refractivity contribution in [3.63, 3.8) is 0 Å². The molecule has 0 aliphatic carbocycles. The molecule has 0 amide bonds. The van der Waals surface area contributed by atoms with Crippen LogP contribution in [0.5, 0.6) is 0 Å². The number of piperazine rings is 1. The fourth-order valence-electron chi connectivity index (χ4n) is 3.72. The first-order valence-electron chi connectivity index (χ1n) is 10.2. The highest BCUT2D eigenvalue weighted by Crippen LogP contribution is 2.33. The molecule has 2 aromatic rings. The van der Waals surface area contributed by atoms with Gasteiger partial charge in [0, 0.05) is 56.0 Å². The fraction of sp³-hybridized carbons (Fsp3) is 0.348. The van der Waals surface area contributed by atoms with E-state index in [-0.39, 0.29) is 49.2 Å². The number of rotatable bonds is 9. The van der Waals surface area contributed by atoms with Crippen LogP contribution in [0.3, 0.4) is 0 Å². The van der Waals surface area contributed by atoms with Crippen molar-refractivity contribution in [3.8, 4) is 0 Å². The summed E-state index contributed by atoms with van der Waals surface area (Å²) in [5.41, 5.74) is 0.252. The molecule has 11 heteroatoms. The standard InChI is InChI=1S/C23H24F4N2O3.2ClH/c24-16-3-5-18(20(26)13-16)23(19-6-4-17(25)14-21(19)27)29-10-8-28(9-11-29)7-1-2-12-32-15-22(30)31;;/h1-6,13-14,23H,7-12,15H2,(H,30,31);2*1H. The average molecular weight is 525 g/mol. The molecule has 1 fully saturated rings. The maximum absolute atomic E-state index is 14.6. The Morgan fingerprint density at radius 2 is 1.44 bits per heavy atom. The lowest BCUT2D eigenvalue weighted by atomic mass is 9.95. The number of ether oxygens (including phenoxy) is 1. The molecule has 0 aromatic heterocycles. The zero-order valence-electron chi connectivity index (χ0n) is 18.1. The number of nitrogens with zero attached hydrogens (tertiary/aromatic N) is 2. The Bertz CT molecular complexity index is 922. The molecule has 1 aliphatic rings. The highest BCUT2D eigenvalue weighted by Gasteiger charge is 2.30. The molecule has 1 saturated heterocycles.